The second kappa shape index (κ2) is 5.02. The van der Waals surface area contributed by atoms with E-state index in [1.807, 2.05) is 0 Å². The third kappa shape index (κ3) is 5.83. The largest absolute Gasteiger partial charge is 0.471 e. The van der Waals surface area contributed by atoms with Crippen molar-refractivity contribution in [1.82, 2.24) is 5.32 Å². The number of halogens is 4. The van der Waals surface area contributed by atoms with Crippen LogP contribution in [-0.2, 0) is 13.8 Å². The number of rotatable bonds is 4. The monoisotopic (exact) mass is 267 g/mol. The molecule has 0 aliphatic rings. The highest BCUT2D eigenvalue weighted by atomic mass is 35.7. The molecule has 0 aromatic rings. The van der Waals surface area contributed by atoms with Crippen LogP contribution in [0.5, 0.6) is 0 Å². The Hall–Kier alpha value is -0.500. The molecule has 0 aliphatic heterocycles. The molecular weight excluding hydrogens is 259 g/mol. The summed E-state index contributed by atoms with van der Waals surface area (Å²) in [4.78, 5) is 10.3. The van der Waals surface area contributed by atoms with Gasteiger partial charge in [-0.25, -0.2) is 8.42 Å². The number of carbonyl (C=O) groups excluding carboxylic acids is 1. The van der Waals surface area contributed by atoms with Crippen LogP contribution in [0.15, 0.2) is 0 Å². The van der Waals surface area contributed by atoms with Gasteiger partial charge in [0, 0.05) is 17.2 Å². The first kappa shape index (κ1) is 14.5. The third-order valence-electron chi connectivity index (χ3n) is 1.57. The molecule has 1 amide bonds. The van der Waals surface area contributed by atoms with E-state index in [1.165, 1.54) is 12.2 Å². The first-order valence-corrected chi connectivity index (χ1v) is 6.21. The number of carbonyl (C=O) groups is 1. The van der Waals surface area contributed by atoms with Crippen LogP contribution in [0.4, 0.5) is 13.2 Å². The molecule has 0 saturated carbocycles. The fraction of sp³-hybridized carbons (Fsp3) is 0.833. The van der Waals surface area contributed by atoms with E-state index in [9.17, 15) is 26.4 Å². The Bertz CT molecular complexity index is 327. The number of alkyl halides is 3. The molecule has 0 fully saturated rings. The zero-order chi connectivity index (χ0) is 12.3. The Balaban J connectivity index is 3.97. The third-order valence-corrected chi connectivity index (χ3v) is 3.68. The lowest BCUT2D eigenvalue weighted by atomic mass is 10.3. The highest BCUT2D eigenvalue weighted by Gasteiger charge is 2.38. The number of hydrogen-bond acceptors (Lipinski definition) is 3. The lowest BCUT2D eigenvalue weighted by molar-refractivity contribution is -0.173. The molecule has 0 saturated heterocycles. The van der Waals surface area contributed by atoms with Gasteiger partial charge in [0.15, 0.2) is 0 Å². The van der Waals surface area contributed by atoms with Crippen LogP contribution in [0.1, 0.15) is 13.3 Å². The summed E-state index contributed by atoms with van der Waals surface area (Å²) in [7, 11) is 1.13. The maximum atomic E-state index is 11.7. The lowest BCUT2D eigenvalue weighted by Gasteiger charge is -2.10. The molecule has 0 aromatic carbocycles. The molecule has 0 aromatic heterocycles. The molecule has 9 heteroatoms. The van der Waals surface area contributed by atoms with Gasteiger partial charge in [0.1, 0.15) is 0 Å². The topological polar surface area (TPSA) is 63.2 Å². The van der Waals surface area contributed by atoms with E-state index >= 15 is 0 Å². The van der Waals surface area contributed by atoms with Crippen molar-refractivity contribution >= 4 is 25.6 Å². The van der Waals surface area contributed by atoms with Gasteiger partial charge in [-0.1, -0.05) is 0 Å². The zero-order valence-electron chi connectivity index (χ0n) is 7.64. The summed E-state index contributed by atoms with van der Waals surface area (Å²) in [6.07, 6.45) is -5.13. The van der Waals surface area contributed by atoms with E-state index in [0.29, 0.717) is 0 Å². The molecule has 90 valence electrons. The Morgan fingerprint density at radius 1 is 1.47 bits per heavy atom. The molecule has 0 rings (SSSR count). The smallest absolute Gasteiger partial charge is 0.348 e. The van der Waals surface area contributed by atoms with E-state index in [4.69, 9.17) is 10.7 Å². The Morgan fingerprint density at radius 3 is 2.27 bits per heavy atom. The van der Waals surface area contributed by atoms with Crippen LogP contribution in [0.2, 0.25) is 0 Å². The lowest BCUT2D eigenvalue weighted by Crippen LogP contribution is -2.38. The minimum atomic E-state index is -4.96. The Labute approximate surface area is 89.2 Å². The van der Waals surface area contributed by atoms with Crippen molar-refractivity contribution in [2.75, 3.05) is 6.54 Å². The highest BCUT2D eigenvalue weighted by Crippen LogP contribution is 2.14. The van der Waals surface area contributed by atoms with E-state index in [0.717, 1.165) is 0 Å². The predicted octanol–water partition coefficient (Wildman–Crippen LogP) is 1.01. The van der Waals surface area contributed by atoms with E-state index in [-0.39, 0.29) is 6.42 Å². The molecule has 0 bridgehead atoms. The summed E-state index contributed by atoms with van der Waals surface area (Å²) >= 11 is 0. The van der Waals surface area contributed by atoms with Crippen molar-refractivity contribution < 1.29 is 26.4 Å². The minimum absolute atomic E-state index is 0.173. The SMILES string of the molecule is CC(CCNC(=O)C(F)(F)F)S(=O)(=O)Cl. The van der Waals surface area contributed by atoms with Crippen molar-refractivity contribution in [1.29, 1.82) is 0 Å². The number of hydrogen-bond donors (Lipinski definition) is 1. The molecule has 15 heavy (non-hydrogen) atoms. The molecule has 1 atom stereocenters. The summed E-state index contributed by atoms with van der Waals surface area (Å²) in [6.45, 7) is 0.841. The van der Waals surface area contributed by atoms with Crippen molar-refractivity contribution in [2.45, 2.75) is 24.8 Å². The van der Waals surface area contributed by atoms with Crippen molar-refractivity contribution in [3.8, 4) is 0 Å². The molecule has 4 nitrogen and oxygen atoms in total. The molecule has 1 unspecified atom stereocenters. The van der Waals surface area contributed by atoms with Gasteiger partial charge in [-0.05, 0) is 13.3 Å². The van der Waals surface area contributed by atoms with Crippen molar-refractivity contribution in [2.24, 2.45) is 0 Å². The fourth-order valence-electron chi connectivity index (χ4n) is 0.630. The van der Waals surface area contributed by atoms with Crippen LogP contribution in [-0.4, -0.2) is 32.3 Å². The van der Waals surface area contributed by atoms with Gasteiger partial charge in [-0.15, -0.1) is 0 Å². The maximum absolute atomic E-state index is 11.7. The van der Waals surface area contributed by atoms with Crippen LogP contribution in [0.25, 0.3) is 0 Å². The van der Waals surface area contributed by atoms with Crippen molar-refractivity contribution in [3.63, 3.8) is 0 Å². The molecule has 1 N–H and O–H groups in total. The molecule has 0 aliphatic carbocycles. The molecule has 0 spiro atoms. The molecule has 0 heterocycles. The van der Waals surface area contributed by atoms with E-state index in [2.05, 4.69) is 0 Å². The van der Waals surface area contributed by atoms with Crippen LogP contribution < -0.4 is 5.32 Å². The van der Waals surface area contributed by atoms with Gasteiger partial charge in [0.2, 0.25) is 9.05 Å². The normalized spacial score (nSPS) is 14.7. The second-order valence-corrected chi connectivity index (χ2v) is 5.87. The van der Waals surface area contributed by atoms with E-state index in [1.54, 1.807) is 0 Å². The molecule has 0 radical (unpaired) electrons. The zero-order valence-corrected chi connectivity index (χ0v) is 9.21. The summed E-state index contributed by atoms with van der Waals surface area (Å²) in [5.74, 6) is -2.10. The van der Waals surface area contributed by atoms with Gasteiger partial charge < -0.3 is 5.32 Å². The minimum Gasteiger partial charge on any atom is -0.348 e. The quantitative estimate of drug-likeness (QED) is 0.774. The summed E-state index contributed by atoms with van der Waals surface area (Å²) in [6, 6.07) is 0. The number of amides is 1. The van der Waals surface area contributed by atoms with Crippen LogP contribution in [0.3, 0.4) is 0 Å². The van der Waals surface area contributed by atoms with Crippen LogP contribution in [0, 0.1) is 0 Å². The predicted molar refractivity (Wildman–Crippen MR) is 47.9 cm³/mol. The second-order valence-electron chi connectivity index (χ2n) is 2.83. The van der Waals surface area contributed by atoms with Gasteiger partial charge in [0.25, 0.3) is 0 Å². The van der Waals surface area contributed by atoms with E-state index < -0.39 is 32.9 Å². The van der Waals surface area contributed by atoms with Gasteiger partial charge in [-0.3, -0.25) is 4.79 Å². The average Bonchev–Trinajstić information content (AvgIpc) is 2.00. The summed E-state index contributed by atoms with van der Waals surface area (Å²) < 4.78 is 56.2. The highest BCUT2D eigenvalue weighted by molar-refractivity contribution is 8.14. The van der Waals surface area contributed by atoms with Crippen molar-refractivity contribution in [3.05, 3.63) is 0 Å². The van der Waals surface area contributed by atoms with Gasteiger partial charge >= 0.3 is 12.1 Å². The van der Waals surface area contributed by atoms with Gasteiger partial charge in [-0.2, -0.15) is 13.2 Å². The van der Waals surface area contributed by atoms with Crippen LogP contribution >= 0.6 is 10.7 Å². The summed E-state index contributed by atoms with van der Waals surface area (Å²) in [5, 5.41) is 0.532. The average molecular weight is 268 g/mol. The standard InChI is InChI=1S/C6H9ClF3NO3S/c1-4(15(7,13)14)2-3-11-5(12)6(8,9)10/h4H,2-3H2,1H3,(H,11,12). The van der Waals surface area contributed by atoms with Gasteiger partial charge in [0.05, 0.1) is 5.25 Å². The maximum Gasteiger partial charge on any atom is 0.471 e. The first-order chi connectivity index (χ1) is 6.55. The number of nitrogens with one attached hydrogen (secondary N) is 1. The molecular formula is C6H9ClF3NO3S. The summed E-state index contributed by atoms with van der Waals surface area (Å²) in [5.41, 5.74) is 0. The first-order valence-electron chi connectivity index (χ1n) is 3.83. The Morgan fingerprint density at radius 2 is 1.93 bits per heavy atom. The Kier molecular flexibility index (Phi) is 4.85. The fourth-order valence-corrected chi connectivity index (χ4v) is 1.30.